The molecule has 0 saturated carbocycles. The van der Waals surface area contributed by atoms with Crippen LogP contribution < -0.4 is 0 Å². The molecule has 2 aromatic rings. The number of non-ortho nitro benzene ring substituents is 1. The van der Waals surface area contributed by atoms with E-state index >= 15 is 0 Å². The molecule has 170 valence electrons. The fourth-order valence-corrected chi connectivity index (χ4v) is 4.89. The molecule has 1 heterocycles. The fourth-order valence-electron chi connectivity index (χ4n) is 3.43. The van der Waals surface area contributed by atoms with Crippen molar-refractivity contribution < 1.29 is 22.9 Å². The van der Waals surface area contributed by atoms with Gasteiger partial charge in [0.2, 0.25) is 15.8 Å². The number of Topliss-reactive ketones (excluding diaryl/α,β-unsaturated/α-hetero) is 1. The van der Waals surface area contributed by atoms with E-state index in [0.717, 1.165) is 11.6 Å². The number of ketones is 1. The van der Waals surface area contributed by atoms with Crippen LogP contribution in [0, 0.1) is 10.1 Å². The van der Waals surface area contributed by atoms with Gasteiger partial charge in [0, 0.05) is 43.9 Å². The number of hydrogen-bond acceptors (Lipinski definition) is 6. The number of piperazine rings is 1. The summed E-state index contributed by atoms with van der Waals surface area (Å²) in [5, 5.41) is 10.9. The summed E-state index contributed by atoms with van der Waals surface area (Å²) in [4.78, 5) is 36.7. The van der Waals surface area contributed by atoms with E-state index in [1.165, 1.54) is 27.4 Å². The summed E-state index contributed by atoms with van der Waals surface area (Å²) < 4.78 is 26.8. The van der Waals surface area contributed by atoms with Crippen LogP contribution in [0.15, 0.2) is 53.4 Å². The summed E-state index contributed by atoms with van der Waals surface area (Å²) in [5.41, 5.74) is 0.936. The van der Waals surface area contributed by atoms with E-state index in [0.29, 0.717) is 0 Å². The highest BCUT2D eigenvalue weighted by molar-refractivity contribution is 7.89. The molecule has 0 atom stereocenters. The standard InChI is InChI=1S/C22H25N3O6S/c1-22(2,3)17-9-7-16(8-10-17)20(26)21(27)23-11-13-24(14-12-23)32(30,31)19-6-4-5-18(15-19)25(28)29/h4-10,15H,11-14H2,1-3H3. The van der Waals surface area contributed by atoms with Crippen molar-refractivity contribution in [2.45, 2.75) is 31.1 Å². The summed E-state index contributed by atoms with van der Waals surface area (Å²) in [6.07, 6.45) is 0. The SMILES string of the molecule is CC(C)(C)c1ccc(C(=O)C(=O)N2CCN(S(=O)(=O)c3cccc([N+](=O)[O-])c3)CC2)cc1. The molecule has 1 amide bonds. The lowest BCUT2D eigenvalue weighted by atomic mass is 9.86. The Hall–Kier alpha value is -3.11. The number of nitro benzene ring substituents is 1. The largest absolute Gasteiger partial charge is 0.333 e. The average molecular weight is 460 g/mol. The fraction of sp³-hybridized carbons (Fsp3) is 0.364. The molecule has 1 saturated heterocycles. The van der Waals surface area contributed by atoms with Crippen molar-refractivity contribution in [3.05, 3.63) is 69.8 Å². The minimum absolute atomic E-state index is 0.00694. The molecule has 1 aliphatic heterocycles. The number of rotatable bonds is 5. The van der Waals surface area contributed by atoms with E-state index in [2.05, 4.69) is 20.8 Å². The third kappa shape index (κ3) is 4.86. The first kappa shape index (κ1) is 23.6. The minimum Gasteiger partial charge on any atom is -0.333 e. The highest BCUT2D eigenvalue weighted by Gasteiger charge is 2.33. The van der Waals surface area contributed by atoms with E-state index in [1.54, 1.807) is 12.1 Å². The molecule has 10 heteroatoms. The van der Waals surface area contributed by atoms with Crippen LogP contribution >= 0.6 is 0 Å². The third-order valence-corrected chi connectivity index (χ3v) is 7.29. The second kappa shape index (κ2) is 8.79. The predicted octanol–water partition coefficient (Wildman–Crippen LogP) is 2.61. The Bertz CT molecular complexity index is 1140. The van der Waals surface area contributed by atoms with E-state index in [4.69, 9.17) is 0 Å². The molecule has 0 spiro atoms. The van der Waals surface area contributed by atoms with Gasteiger partial charge in [-0.1, -0.05) is 51.1 Å². The molecule has 0 aliphatic carbocycles. The Labute approximate surface area is 186 Å². The number of nitro groups is 1. The molecule has 1 fully saturated rings. The first-order valence-electron chi connectivity index (χ1n) is 10.1. The van der Waals surface area contributed by atoms with Crippen LogP contribution in [0.3, 0.4) is 0 Å². The topological polar surface area (TPSA) is 118 Å². The van der Waals surface area contributed by atoms with Crippen molar-refractivity contribution >= 4 is 27.4 Å². The van der Waals surface area contributed by atoms with Crippen LogP contribution in [0.2, 0.25) is 0 Å². The molecule has 0 aromatic heterocycles. The van der Waals surface area contributed by atoms with Crippen LogP contribution in [0.5, 0.6) is 0 Å². The number of carbonyl (C=O) groups is 2. The predicted molar refractivity (Wildman–Crippen MR) is 118 cm³/mol. The maximum atomic E-state index is 12.8. The molecule has 0 bridgehead atoms. The lowest BCUT2D eigenvalue weighted by Crippen LogP contribution is -2.52. The van der Waals surface area contributed by atoms with Crippen LogP contribution in [0.25, 0.3) is 0 Å². The van der Waals surface area contributed by atoms with Gasteiger partial charge in [-0.2, -0.15) is 4.31 Å². The quantitative estimate of drug-likeness (QED) is 0.294. The van der Waals surface area contributed by atoms with Gasteiger partial charge in [0.05, 0.1) is 9.82 Å². The number of amides is 1. The smallest absolute Gasteiger partial charge is 0.295 e. The van der Waals surface area contributed by atoms with Crippen LogP contribution in [-0.2, 0) is 20.2 Å². The van der Waals surface area contributed by atoms with Gasteiger partial charge >= 0.3 is 0 Å². The summed E-state index contributed by atoms with van der Waals surface area (Å²) in [6, 6.07) is 11.7. The molecular formula is C22H25N3O6S. The summed E-state index contributed by atoms with van der Waals surface area (Å²) >= 11 is 0. The van der Waals surface area contributed by atoms with Crippen molar-refractivity contribution in [3.8, 4) is 0 Å². The van der Waals surface area contributed by atoms with Gasteiger partial charge in [0.1, 0.15) is 0 Å². The molecule has 2 aromatic carbocycles. The van der Waals surface area contributed by atoms with Crippen molar-refractivity contribution in [1.29, 1.82) is 0 Å². The molecule has 3 rings (SSSR count). The van der Waals surface area contributed by atoms with Crippen LogP contribution in [0.4, 0.5) is 5.69 Å². The first-order chi connectivity index (χ1) is 14.9. The van der Waals surface area contributed by atoms with Crippen molar-refractivity contribution in [3.63, 3.8) is 0 Å². The Morgan fingerprint density at radius 2 is 1.56 bits per heavy atom. The molecule has 32 heavy (non-hydrogen) atoms. The van der Waals surface area contributed by atoms with Crippen molar-refractivity contribution in [2.75, 3.05) is 26.2 Å². The molecule has 1 aliphatic rings. The normalized spacial score (nSPS) is 15.4. The molecule has 0 N–H and O–H groups in total. The average Bonchev–Trinajstić information content (AvgIpc) is 2.77. The second-order valence-electron chi connectivity index (χ2n) is 8.61. The Morgan fingerprint density at radius 1 is 0.969 bits per heavy atom. The lowest BCUT2D eigenvalue weighted by Gasteiger charge is -2.33. The Balaban J connectivity index is 1.67. The monoisotopic (exact) mass is 459 g/mol. The molecule has 0 unspecified atom stereocenters. The number of benzene rings is 2. The van der Waals surface area contributed by atoms with Gasteiger partial charge in [0.25, 0.3) is 11.6 Å². The van der Waals surface area contributed by atoms with Crippen molar-refractivity contribution in [1.82, 2.24) is 9.21 Å². The number of carbonyl (C=O) groups excluding carboxylic acids is 2. The maximum absolute atomic E-state index is 12.8. The molecular weight excluding hydrogens is 434 g/mol. The molecule has 9 nitrogen and oxygen atoms in total. The maximum Gasteiger partial charge on any atom is 0.295 e. The van der Waals surface area contributed by atoms with Gasteiger partial charge in [-0.05, 0) is 17.0 Å². The van der Waals surface area contributed by atoms with E-state index in [9.17, 15) is 28.1 Å². The van der Waals surface area contributed by atoms with Gasteiger partial charge in [-0.25, -0.2) is 8.42 Å². The van der Waals surface area contributed by atoms with E-state index < -0.39 is 26.6 Å². The Morgan fingerprint density at radius 3 is 2.09 bits per heavy atom. The zero-order chi connectivity index (χ0) is 23.7. The van der Waals surface area contributed by atoms with Gasteiger partial charge in [0.15, 0.2) is 0 Å². The summed E-state index contributed by atoms with van der Waals surface area (Å²) in [7, 11) is -3.95. The van der Waals surface area contributed by atoms with Gasteiger partial charge < -0.3 is 4.90 Å². The number of sulfonamides is 1. The van der Waals surface area contributed by atoms with Gasteiger partial charge in [-0.3, -0.25) is 19.7 Å². The van der Waals surface area contributed by atoms with Crippen LogP contribution in [-0.4, -0.2) is 60.4 Å². The lowest BCUT2D eigenvalue weighted by molar-refractivity contribution is -0.385. The first-order valence-corrected chi connectivity index (χ1v) is 11.5. The Kier molecular flexibility index (Phi) is 6.47. The zero-order valence-corrected chi connectivity index (χ0v) is 19.0. The second-order valence-corrected chi connectivity index (χ2v) is 10.5. The zero-order valence-electron chi connectivity index (χ0n) is 18.1. The van der Waals surface area contributed by atoms with E-state index in [1.807, 2.05) is 12.1 Å². The summed E-state index contributed by atoms with van der Waals surface area (Å²) in [6.45, 7) is 6.25. The summed E-state index contributed by atoms with van der Waals surface area (Å²) in [5.74, 6) is -1.32. The van der Waals surface area contributed by atoms with Gasteiger partial charge in [-0.15, -0.1) is 0 Å². The number of hydrogen-bond donors (Lipinski definition) is 0. The highest BCUT2D eigenvalue weighted by atomic mass is 32.2. The van der Waals surface area contributed by atoms with Crippen LogP contribution in [0.1, 0.15) is 36.7 Å². The molecule has 0 radical (unpaired) electrons. The number of nitrogens with zero attached hydrogens (tertiary/aromatic N) is 3. The highest BCUT2D eigenvalue weighted by Crippen LogP contribution is 2.24. The van der Waals surface area contributed by atoms with Crippen molar-refractivity contribution in [2.24, 2.45) is 0 Å². The third-order valence-electron chi connectivity index (χ3n) is 5.40. The minimum atomic E-state index is -3.95. The van der Waals surface area contributed by atoms with E-state index in [-0.39, 0.29) is 47.7 Å².